The standard InChI is InChI=1S/C16H21ClN4.HI/c1-18-16(20-9-12-21-10-2-3-11-21)19-8-7-14-5-4-6-15(17)13-14;/h2-6,10-11,13H,7-9,12H2,1H3,(H2,18,19,20);1H. The van der Waals surface area contributed by atoms with E-state index in [0.29, 0.717) is 0 Å². The minimum atomic E-state index is 0. The van der Waals surface area contributed by atoms with E-state index in [9.17, 15) is 0 Å². The summed E-state index contributed by atoms with van der Waals surface area (Å²) < 4.78 is 2.13. The van der Waals surface area contributed by atoms with Gasteiger partial charge in [0.15, 0.2) is 5.96 Å². The molecule has 0 aliphatic carbocycles. The van der Waals surface area contributed by atoms with E-state index in [1.807, 2.05) is 30.3 Å². The maximum atomic E-state index is 5.97. The van der Waals surface area contributed by atoms with Crippen LogP contribution in [-0.4, -0.2) is 30.7 Å². The minimum absolute atomic E-state index is 0. The Labute approximate surface area is 154 Å². The van der Waals surface area contributed by atoms with Gasteiger partial charge < -0.3 is 15.2 Å². The van der Waals surface area contributed by atoms with Gasteiger partial charge in [-0.2, -0.15) is 0 Å². The minimum Gasteiger partial charge on any atom is -0.356 e. The number of benzene rings is 1. The van der Waals surface area contributed by atoms with Gasteiger partial charge in [-0.3, -0.25) is 4.99 Å². The van der Waals surface area contributed by atoms with E-state index in [2.05, 4.69) is 38.7 Å². The smallest absolute Gasteiger partial charge is 0.191 e. The highest BCUT2D eigenvalue weighted by molar-refractivity contribution is 14.0. The summed E-state index contributed by atoms with van der Waals surface area (Å²) in [4.78, 5) is 4.21. The topological polar surface area (TPSA) is 41.4 Å². The number of hydrogen-bond donors (Lipinski definition) is 2. The van der Waals surface area contributed by atoms with Crippen molar-refractivity contribution >= 4 is 41.5 Å². The molecule has 0 amide bonds. The molecule has 4 nitrogen and oxygen atoms in total. The van der Waals surface area contributed by atoms with Crippen LogP contribution in [0.2, 0.25) is 5.02 Å². The highest BCUT2D eigenvalue weighted by Crippen LogP contribution is 2.10. The molecule has 0 saturated carbocycles. The first-order chi connectivity index (χ1) is 10.3. The van der Waals surface area contributed by atoms with Crippen LogP contribution in [0.1, 0.15) is 5.56 Å². The monoisotopic (exact) mass is 432 g/mol. The van der Waals surface area contributed by atoms with E-state index in [4.69, 9.17) is 11.6 Å². The molecule has 0 bridgehead atoms. The molecule has 0 radical (unpaired) electrons. The van der Waals surface area contributed by atoms with E-state index in [1.165, 1.54) is 5.56 Å². The van der Waals surface area contributed by atoms with E-state index in [0.717, 1.165) is 37.0 Å². The zero-order valence-electron chi connectivity index (χ0n) is 12.6. The van der Waals surface area contributed by atoms with Gasteiger partial charge in [-0.1, -0.05) is 23.7 Å². The van der Waals surface area contributed by atoms with Crippen LogP contribution in [0.5, 0.6) is 0 Å². The second-order valence-electron chi connectivity index (χ2n) is 4.73. The second-order valence-corrected chi connectivity index (χ2v) is 5.16. The van der Waals surface area contributed by atoms with Crippen LogP contribution in [0.15, 0.2) is 53.8 Å². The quantitative estimate of drug-likeness (QED) is 0.418. The maximum Gasteiger partial charge on any atom is 0.191 e. The Hall–Kier alpha value is -1.21. The number of nitrogens with zero attached hydrogens (tertiary/aromatic N) is 2. The van der Waals surface area contributed by atoms with Gasteiger partial charge in [0.1, 0.15) is 0 Å². The Morgan fingerprint density at radius 3 is 2.55 bits per heavy atom. The lowest BCUT2D eigenvalue weighted by molar-refractivity contribution is 0.665. The number of halogens is 2. The summed E-state index contributed by atoms with van der Waals surface area (Å²) in [6.07, 6.45) is 5.02. The number of nitrogens with one attached hydrogen (secondary N) is 2. The van der Waals surface area contributed by atoms with Crippen LogP contribution in [0.25, 0.3) is 0 Å². The Bertz CT molecular complexity index is 569. The lowest BCUT2D eigenvalue weighted by Gasteiger charge is -2.12. The van der Waals surface area contributed by atoms with Crippen molar-refractivity contribution < 1.29 is 0 Å². The molecule has 0 saturated heterocycles. The average Bonchev–Trinajstić information content (AvgIpc) is 2.99. The zero-order chi connectivity index (χ0) is 14.9. The highest BCUT2D eigenvalue weighted by atomic mass is 127. The van der Waals surface area contributed by atoms with Crippen LogP contribution in [0.4, 0.5) is 0 Å². The molecule has 0 atom stereocenters. The van der Waals surface area contributed by atoms with Crippen molar-refractivity contribution in [2.45, 2.75) is 13.0 Å². The summed E-state index contributed by atoms with van der Waals surface area (Å²) in [5.41, 5.74) is 1.22. The van der Waals surface area contributed by atoms with Crippen molar-refractivity contribution in [1.29, 1.82) is 0 Å². The molecule has 22 heavy (non-hydrogen) atoms. The van der Waals surface area contributed by atoms with Crippen LogP contribution in [-0.2, 0) is 13.0 Å². The van der Waals surface area contributed by atoms with Gasteiger partial charge in [-0.15, -0.1) is 24.0 Å². The summed E-state index contributed by atoms with van der Waals surface area (Å²) >= 11 is 5.97. The first-order valence-corrected chi connectivity index (χ1v) is 7.45. The molecule has 6 heteroatoms. The van der Waals surface area contributed by atoms with Crippen molar-refractivity contribution in [2.24, 2.45) is 4.99 Å². The lowest BCUT2D eigenvalue weighted by Crippen LogP contribution is -2.39. The number of aliphatic imine (C=N–C) groups is 1. The van der Waals surface area contributed by atoms with Gasteiger partial charge >= 0.3 is 0 Å². The van der Waals surface area contributed by atoms with Gasteiger partial charge in [0, 0.05) is 44.1 Å². The molecule has 2 aromatic rings. The predicted octanol–water partition coefficient (Wildman–Crippen LogP) is 3.17. The second kappa shape index (κ2) is 10.5. The predicted molar refractivity (Wildman–Crippen MR) is 104 cm³/mol. The van der Waals surface area contributed by atoms with Crippen molar-refractivity contribution in [3.63, 3.8) is 0 Å². The van der Waals surface area contributed by atoms with Crippen LogP contribution in [0, 0.1) is 0 Å². The fraction of sp³-hybridized carbons (Fsp3) is 0.312. The summed E-state index contributed by atoms with van der Waals surface area (Å²) in [6, 6.07) is 12.0. The van der Waals surface area contributed by atoms with E-state index in [-0.39, 0.29) is 24.0 Å². The fourth-order valence-electron chi connectivity index (χ4n) is 2.06. The molecule has 0 fully saturated rings. The molecular formula is C16H22ClIN4. The highest BCUT2D eigenvalue weighted by Gasteiger charge is 1.98. The summed E-state index contributed by atoms with van der Waals surface area (Å²) in [5, 5.41) is 7.38. The maximum absolute atomic E-state index is 5.97. The lowest BCUT2D eigenvalue weighted by atomic mass is 10.1. The van der Waals surface area contributed by atoms with Crippen LogP contribution < -0.4 is 10.6 Å². The third-order valence-corrected chi connectivity index (χ3v) is 3.38. The molecule has 1 aromatic carbocycles. The molecule has 2 rings (SSSR count). The summed E-state index contributed by atoms with van der Waals surface area (Å²) in [5.74, 6) is 0.823. The third kappa shape index (κ3) is 6.70. The first kappa shape index (κ1) is 18.8. The number of aromatic nitrogens is 1. The summed E-state index contributed by atoms with van der Waals surface area (Å²) in [6.45, 7) is 2.58. The van der Waals surface area contributed by atoms with Crippen molar-refractivity contribution in [2.75, 3.05) is 20.1 Å². The Balaban J connectivity index is 0.00000242. The third-order valence-electron chi connectivity index (χ3n) is 3.15. The Morgan fingerprint density at radius 2 is 1.86 bits per heavy atom. The molecule has 2 N–H and O–H groups in total. The average molecular weight is 433 g/mol. The van der Waals surface area contributed by atoms with Gasteiger partial charge in [0.2, 0.25) is 0 Å². The number of rotatable bonds is 6. The zero-order valence-corrected chi connectivity index (χ0v) is 15.7. The van der Waals surface area contributed by atoms with Gasteiger partial charge in [0.25, 0.3) is 0 Å². The van der Waals surface area contributed by atoms with Crippen LogP contribution in [0.3, 0.4) is 0 Å². The van der Waals surface area contributed by atoms with E-state index < -0.39 is 0 Å². The molecule has 0 aliphatic rings. The molecule has 0 aliphatic heterocycles. The molecule has 1 heterocycles. The molecule has 0 spiro atoms. The molecule has 0 unspecified atom stereocenters. The van der Waals surface area contributed by atoms with Gasteiger partial charge in [-0.25, -0.2) is 0 Å². The van der Waals surface area contributed by atoms with Crippen molar-refractivity contribution in [3.05, 3.63) is 59.4 Å². The molecule has 120 valence electrons. The Kier molecular flexibility index (Phi) is 9.00. The van der Waals surface area contributed by atoms with E-state index in [1.54, 1.807) is 7.05 Å². The van der Waals surface area contributed by atoms with E-state index >= 15 is 0 Å². The van der Waals surface area contributed by atoms with Gasteiger partial charge in [0.05, 0.1) is 0 Å². The summed E-state index contributed by atoms with van der Waals surface area (Å²) in [7, 11) is 1.78. The SMILES string of the molecule is CN=C(NCCc1cccc(Cl)c1)NCCn1cccc1.I. The van der Waals surface area contributed by atoms with Gasteiger partial charge in [-0.05, 0) is 36.2 Å². The fourth-order valence-corrected chi connectivity index (χ4v) is 2.27. The number of guanidine groups is 1. The molecule has 1 aromatic heterocycles. The molecular weight excluding hydrogens is 411 g/mol. The number of hydrogen-bond acceptors (Lipinski definition) is 1. The normalized spacial score (nSPS) is 10.9. The first-order valence-electron chi connectivity index (χ1n) is 7.07. The van der Waals surface area contributed by atoms with Crippen molar-refractivity contribution in [3.8, 4) is 0 Å². The Morgan fingerprint density at radius 1 is 1.14 bits per heavy atom. The largest absolute Gasteiger partial charge is 0.356 e. The van der Waals surface area contributed by atoms with Crippen molar-refractivity contribution in [1.82, 2.24) is 15.2 Å². The van der Waals surface area contributed by atoms with Crippen LogP contribution >= 0.6 is 35.6 Å².